The molecule has 0 aliphatic carbocycles. The van der Waals surface area contributed by atoms with E-state index >= 15 is 0 Å². The zero-order chi connectivity index (χ0) is 14.4. The Morgan fingerprint density at radius 2 is 1.80 bits per heavy atom. The molecule has 1 atom stereocenters. The molecule has 1 heterocycles. The van der Waals surface area contributed by atoms with Gasteiger partial charge in [0.2, 0.25) is 0 Å². The van der Waals surface area contributed by atoms with Crippen LogP contribution in [-0.2, 0) is 6.42 Å². The van der Waals surface area contributed by atoms with E-state index in [0.29, 0.717) is 6.04 Å². The lowest BCUT2D eigenvalue weighted by Gasteiger charge is -2.21. The molecule has 0 spiro atoms. The minimum absolute atomic E-state index is 0.338. The first-order valence-electron chi connectivity index (χ1n) is 7.41. The van der Waals surface area contributed by atoms with Gasteiger partial charge >= 0.3 is 0 Å². The van der Waals surface area contributed by atoms with Crippen LogP contribution in [0.5, 0.6) is 0 Å². The molecular weight excluding hydrogens is 244 g/mol. The summed E-state index contributed by atoms with van der Waals surface area (Å²) in [6.07, 6.45) is 3.97. The third-order valence-corrected chi connectivity index (χ3v) is 3.72. The van der Waals surface area contributed by atoms with E-state index in [2.05, 4.69) is 61.4 Å². The number of pyridine rings is 1. The Morgan fingerprint density at radius 3 is 2.50 bits per heavy atom. The van der Waals surface area contributed by atoms with Gasteiger partial charge in [-0.25, -0.2) is 0 Å². The van der Waals surface area contributed by atoms with Crippen LogP contribution in [0.3, 0.4) is 0 Å². The zero-order valence-corrected chi connectivity index (χ0v) is 12.7. The van der Waals surface area contributed by atoms with Crippen LogP contribution in [0.25, 0.3) is 0 Å². The van der Waals surface area contributed by atoms with Crippen LogP contribution in [0.4, 0.5) is 0 Å². The third kappa shape index (κ3) is 3.67. The van der Waals surface area contributed by atoms with Gasteiger partial charge < -0.3 is 5.32 Å². The second-order valence-electron chi connectivity index (χ2n) is 5.33. The number of nitrogens with one attached hydrogen (secondary N) is 1. The molecule has 0 amide bonds. The van der Waals surface area contributed by atoms with Crippen molar-refractivity contribution in [3.63, 3.8) is 0 Å². The summed E-state index contributed by atoms with van der Waals surface area (Å²) in [5.41, 5.74) is 5.18. The molecule has 2 nitrogen and oxygen atoms in total. The fourth-order valence-electron chi connectivity index (χ4n) is 2.51. The molecule has 0 radical (unpaired) electrons. The second kappa shape index (κ2) is 7.20. The summed E-state index contributed by atoms with van der Waals surface area (Å²) in [5, 5.41) is 3.66. The highest BCUT2D eigenvalue weighted by atomic mass is 14.9. The fraction of sp³-hybridized carbons (Fsp3) is 0.389. The van der Waals surface area contributed by atoms with Crippen molar-refractivity contribution in [2.75, 3.05) is 6.54 Å². The first-order valence-corrected chi connectivity index (χ1v) is 7.41. The predicted octanol–water partition coefficient (Wildman–Crippen LogP) is 3.98. The van der Waals surface area contributed by atoms with Crippen molar-refractivity contribution in [3.8, 4) is 0 Å². The topological polar surface area (TPSA) is 24.9 Å². The van der Waals surface area contributed by atoms with Crippen LogP contribution < -0.4 is 5.32 Å². The van der Waals surface area contributed by atoms with Crippen molar-refractivity contribution < 1.29 is 0 Å². The number of rotatable bonds is 6. The highest BCUT2D eigenvalue weighted by molar-refractivity contribution is 5.31. The van der Waals surface area contributed by atoms with Crippen molar-refractivity contribution in [3.05, 3.63) is 65.0 Å². The molecule has 1 aromatic heterocycles. The normalized spacial score (nSPS) is 12.3. The first kappa shape index (κ1) is 14.7. The maximum absolute atomic E-state index is 4.54. The average Bonchev–Trinajstić information content (AvgIpc) is 2.46. The summed E-state index contributed by atoms with van der Waals surface area (Å²) in [6, 6.07) is 13.1. The van der Waals surface area contributed by atoms with Gasteiger partial charge in [-0.1, -0.05) is 37.3 Å². The van der Waals surface area contributed by atoms with Crippen LogP contribution in [0.2, 0.25) is 0 Å². The predicted molar refractivity (Wildman–Crippen MR) is 84.9 cm³/mol. The number of benzene rings is 1. The Labute approximate surface area is 122 Å². The molecule has 0 saturated heterocycles. The Hall–Kier alpha value is -1.67. The van der Waals surface area contributed by atoms with Gasteiger partial charge in [0.15, 0.2) is 0 Å². The SMILES string of the molecule is CCCNC(Cc1ncccc1C)c1ccccc1C. The minimum atomic E-state index is 0.338. The molecule has 2 aromatic rings. The highest BCUT2D eigenvalue weighted by Gasteiger charge is 2.15. The van der Waals surface area contributed by atoms with E-state index in [1.54, 1.807) is 0 Å². The summed E-state index contributed by atoms with van der Waals surface area (Å²) < 4.78 is 0. The van der Waals surface area contributed by atoms with E-state index < -0.39 is 0 Å². The van der Waals surface area contributed by atoms with E-state index in [9.17, 15) is 0 Å². The minimum Gasteiger partial charge on any atom is -0.310 e. The van der Waals surface area contributed by atoms with E-state index in [4.69, 9.17) is 0 Å². The van der Waals surface area contributed by atoms with Gasteiger partial charge in [0.1, 0.15) is 0 Å². The van der Waals surface area contributed by atoms with E-state index in [1.807, 2.05) is 12.3 Å². The summed E-state index contributed by atoms with van der Waals surface area (Å²) in [7, 11) is 0. The van der Waals surface area contributed by atoms with Gasteiger partial charge in [-0.05, 0) is 49.6 Å². The van der Waals surface area contributed by atoms with Crippen LogP contribution in [0.15, 0.2) is 42.6 Å². The Bertz CT molecular complexity index is 549. The maximum Gasteiger partial charge on any atom is 0.0451 e. The van der Waals surface area contributed by atoms with Gasteiger partial charge in [-0.3, -0.25) is 4.98 Å². The van der Waals surface area contributed by atoms with Crippen molar-refractivity contribution in [2.24, 2.45) is 0 Å². The first-order chi connectivity index (χ1) is 9.72. The van der Waals surface area contributed by atoms with Crippen molar-refractivity contribution in [1.29, 1.82) is 0 Å². The molecule has 1 N–H and O–H groups in total. The lowest BCUT2D eigenvalue weighted by atomic mass is 9.96. The molecule has 0 aliphatic rings. The van der Waals surface area contributed by atoms with E-state index in [0.717, 1.165) is 19.4 Å². The Balaban J connectivity index is 2.24. The molecule has 0 fully saturated rings. The lowest BCUT2D eigenvalue weighted by Crippen LogP contribution is -2.25. The van der Waals surface area contributed by atoms with Crippen molar-refractivity contribution >= 4 is 0 Å². The summed E-state index contributed by atoms with van der Waals surface area (Å²) in [4.78, 5) is 4.54. The molecule has 1 aromatic carbocycles. The summed E-state index contributed by atoms with van der Waals surface area (Å²) in [5.74, 6) is 0. The molecule has 106 valence electrons. The van der Waals surface area contributed by atoms with Crippen LogP contribution in [0, 0.1) is 13.8 Å². The molecule has 20 heavy (non-hydrogen) atoms. The van der Waals surface area contributed by atoms with Gasteiger partial charge in [-0.15, -0.1) is 0 Å². The number of aromatic nitrogens is 1. The molecule has 2 rings (SSSR count). The molecule has 0 saturated carbocycles. The smallest absolute Gasteiger partial charge is 0.0451 e. The third-order valence-electron chi connectivity index (χ3n) is 3.72. The maximum atomic E-state index is 4.54. The van der Waals surface area contributed by atoms with Gasteiger partial charge in [-0.2, -0.15) is 0 Å². The number of nitrogens with zero attached hydrogens (tertiary/aromatic N) is 1. The number of aryl methyl sites for hydroxylation is 2. The molecule has 2 heteroatoms. The van der Waals surface area contributed by atoms with Gasteiger partial charge in [0.25, 0.3) is 0 Å². The van der Waals surface area contributed by atoms with E-state index in [1.165, 1.54) is 22.4 Å². The molecular formula is C18H24N2. The summed E-state index contributed by atoms with van der Waals surface area (Å²) in [6.45, 7) is 7.55. The van der Waals surface area contributed by atoms with E-state index in [-0.39, 0.29) is 0 Å². The number of hydrogen-bond donors (Lipinski definition) is 1. The molecule has 0 aliphatic heterocycles. The highest BCUT2D eigenvalue weighted by Crippen LogP contribution is 2.22. The van der Waals surface area contributed by atoms with Crippen LogP contribution >= 0.6 is 0 Å². The second-order valence-corrected chi connectivity index (χ2v) is 5.33. The average molecular weight is 268 g/mol. The molecule has 0 bridgehead atoms. The number of hydrogen-bond acceptors (Lipinski definition) is 2. The standard InChI is InChI=1S/C18H24N2/c1-4-11-19-18(16-10-6-5-8-14(16)2)13-17-15(3)9-7-12-20-17/h5-10,12,18-19H,4,11,13H2,1-3H3. The van der Waals surface area contributed by atoms with Gasteiger partial charge in [0, 0.05) is 24.4 Å². The monoisotopic (exact) mass is 268 g/mol. The van der Waals surface area contributed by atoms with Crippen molar-refractivity contribution in [2.45, 2.75) is 39.7 Å². The quantitative estimate of drug-likeness (QED) is 0.857. The Morgan fingerprint density at radius 1 is 1.05 bits per heavy atom. The van der Waals surface area contributed by atoms with Crippen LogP contribution in [-0.4, -0.2) is 11.5 Å². The van der Waals surface area contributed by atoms with Gasteiger partial charge in [0.05, 0.1) is 0 Å². The van der Waals surface area contributed by atoms with Crippen LogP contribution in [0.1, 0.15) is 41.8 Å². The fourth-order valence-corrected chi connectivity index (χ4v) is 2.51. The molecule has 1 unspecified atom stereocenters. The van der Waals surface area contributed by atoms with Crippen molar-refractivity contribution in [1.82, 2.24) is 10.3 Å². The Kier molecular flexibility index (Phi) is 5.31. The summed E-state index contributed by atoms with van der Waals surface area (Å²) >= 11 is 0. The largest absolute Gasteiger partial charge is 0.310 e. The lowest BCUT2D eigenvalue weighted by molar-refractivity contribution is 0.521. The zero-order valence-electron chi connectivity index (χ0n) is 12.7.